The van der Waals surface area contributed by atoms with Crippen LogP contribution in [-0.2, 0) is 21.7 Å². The molecule has 0 bridgehead atoms. The molecule has 39 heavy (non-hydrogen) atoms. The van der Waals surface area contributed by atoms with E-state index < -0.39 is 17.6 Å². The number of carboxylic acids is 1. The van der Waals surface area contributed by atoms with Crippen molar-refractivity contribution in [2.45, 2.75) is 32.0 Å². The zero-order valence-corrected chi connectivity index (χ0v) is 22.2. The number of halogens is 1. The Hall–Kier alpha value is -4.27. The highest BCUT2D eigenvalue weighted by atomic mass is 35.5. The van der Waals surface area contributed by atoms with E-state index in [1.165, 1.54) is 0 Å². The number of aryl methyl sites for hydroxylation is 2. The topological polar surface area (TPSA) is 105 Å². The number of hydrogen-bond donors (Lipinski definition) is 2. The highest BCUT2D eigenvalue weighted by molar-refractivity contribution is 6.31. The standard InChI is InChI=1S/C30H27ClN4O4/c1-19-16-20(2)34-29(33-19)39-27(28(37)38)30(22-11-4-3-5-12-22)23-13-7-9-15-25(23)35(26(36)17-32-30)18-21-10-6-8-14-24(21)31/h3-16,27,32H,17-18H2,1-2H3,(H,37,38). The van der Waals surface area contributed by atoms with Crippen LogP contribution in [0.25, 0.3) is 0 Å². The maximum absolute atomic E-state index is 13.7. The van der Waals surface area contributed by atoms with E-state index in [0.29, 0.717) is 33.2 Å². The first-order valence-electron chi connectivity index (χ1n) is 12.4. The summed E-state index contributed by atoms with van der Waals surface area (Å²) in [5.74, 6) is -1.48. The number of anilines is 1. The van der Waals surface area contributed by atoms with Gasteiger partial charge in [-0.05, 0) is 43.2 Å². The molecule has 0 spiro atoms. The number of hydrogen-bond acceptors (Lipinski definition) is 6. The molecule has 0 aliphatic carbocycles. The number of aliphatic carboxylic acids is 1. The summed E-state index contributed by atoms with van der Waals surface area (Å²) in [6.45, 7) is 3.62. The summed E-state index contributed by atoms with van der Waals surface area (Å²) in [7, 11) is 0. The molecule has 1 amide bonds. The Bertz CT molecular complexity index is 1510. The minimum Gasteiger partial charge on any atom is -0.478 e. The number of carbonyl (C=O) groups excluding carboxylic acids is 1. The Morgan fingerprint density at radius 2 is 1.67 bits per heavy atom. The fourth-order valence-corrected chi connectivity index (χ4v) is 5.27. The van der Waals surface area contributed by atoms with Crippen molar-refractivity contribution in [1.82, 2.24) is 15.3 Å². The van der Waals surface area contributed by atoms with Crippen molar-refractivity contribution in [2.75, 3.05) is 11.4 Å². The molecule has 1 aliphatic rings. The number of para-hydroxylation sites is 1. The van der Waals surface area contributed by atoms with Gasteiger partial charge < -0.3 is 14.7 Å². The lowest BCUT2D eigenvalue weighted by molar-refractivity contribution is -0.149. The molecule has 0 radical (unpaired) electrons. The summed E-state index contributed by atoms with van der Waals surface area (Å²) in [4.78, 5) is 37.0. The summed E-state index contributed by atoms with van der Waals surface area (Å²) < 4.78 is 6.12. The molecular weight excluding hydrogens is 516 g/mol. The zero-order chi connectivity index (χ0) is 27.6. The SMILES string of the molecule is Cc1cc(C)nc(OC(C(=O)O)C2(c3ccccc3)NCC(=O)N(Cc3ccccc3Cl)c3ccccc32)n1. The van der Waals surface area contributed by atoms with Crippen LogP contribution in [0, 0.1) is 13.8 Å². The number of nitrogens with one attached hydrogen (secondary N) is 1. The Labute approximate surface area is 231 Å². The van der Waals surface area contributed by atoms with Gasteiger partial charge in [-0.15, -0.1) is 0 Å². The van der Waals surface area contributed by atoms with Gasteiger partial charge in [0.25, 0.3) is 0 Å². The predicted molar refractivity (Wildman–Crippen MR) is 148 cm³/mol. The second-order valence-corrected chi connectivity index (χ2v) is 9.79. The number of amides is 1. The first-order chi connectivity index (χ1) is 18.8. The van der Waals surface area contributed by atoms with E-state index in [1.54, 1.807) is 36.9 Å². The molecule has 0 saturated heterocycles. The van der Waals surface area contributed by atoms with E-state index >= 15 is 0 Å². The van der Waals surface area contributed by atoms with Crippen LogP contribution >= 0.6 is 11.6 Å². The van der Waals surface area contributed by atoms with Crippen molar-refractivity contribution in [3.8, 4) is 6.01 Å². The molecule has 198 valence electrons. The Balaban J connectivity index is 1.72. The van der Waals surface area contributed by atoms with Crippen molar-refractivity contribution < 1.29 is 19.4 Å². The Morgan fingerprint density at radius 1 is 1.03 bits per heavy atom. The fourth-order valence-electron chi connectivity index (χ4n) is 5.07. The number of carbonyl (C=O) groups is 2. The third-order valence-electron chi connectivity index (χ3n) is 6.76. The van der Waals surface area contributed by atoms with Crippen molar-refractivity contribution in [1.29, 1.82) is 0 Å². The van der Waals surface area contributed by atoms with Crippen molar-refractivity contribution in [3.63, 3.8) is 0 Å². The number of aromatic nitrogens is 2. The predicted octanol–water partition coefficient (Wildman–Crippen LogP) is 4.66. The first-order valence-corrected chi connectivity index (χ1v) is 12.8. The van der Waals surface area contributed by atoms with E-state index in [9.17, 15) is 14.7 Å². The Kier molecular flexibility index (Phi) is 7.32. The normalized spacial score (nSPS) is 17.7. The molecule has 9 heteroatoms. The van der Waals surface area contributed by atoms with Crippen LogP contribution in [-0.4, -0.2) is 39.6 Å². The fraction of sp³-hybridized carbons (Fsp3) is 0.200. The highest BCUT2D eigenvalue weighted by Gasteiger charge is 2.52. The van der Waals surface area contributed by atoms with E-state index in [2.05, 4.69) is 15.3 Å². The highest BCUT2D eigenvalue weighted by Crippen LogP contribution is 2.42. The summed E-state index contributed by atoms with van der Waals surface area (Å²) in [5, 5.41) is 14.5. The summed E-state index contributed by atoms with van der Waals surface area (Å²) in [6.07, 6.45) is -1.53. The molecule has 1 aromatic heterocycles. The summed E-state index contributed by atoms with van der Waals surface area (Å²) in [6, 6.07) is 25.4. The maximum atomic E-state index is 13.7. The van der Waals surface area contributed by atoms with Crippen LogP contribution < -0.4 is 15.0 Å². The molecule has 2 heterocycles. The molecule has 8 nitrogen and oxygen atoms in total. The number of ether oxygens (including phenoxy) is 1. The molecule has 2 unspecified atom stereocenters. The van der Waals surface area contributed by atoms with E-state index in [1.807, 2.05) is 66.7 Å². The van der Waals surface area contributed by atoms with Gasteiger partial charge in [-0.25, -0.2) is 14.8 Å². The van der Waals surface area contributed by atoms with Gasteiger partial charge in [0.15, 0.2) is 0 Å². The summed E-state index contributed by atoms with van der Waals surface area (Å²) in [5.41, 5.74) is 2.30. The van der Waals surface area contributed by atoms with Crippen LogP contribution in [0.15, 0.2) is 84.9 Å². The van der Waals surface area contributed by atoms with Crippen LogP contribution in [0.5, 0.6) is 6.01 Å². The van der Waals surface area contributed by atoms with Crippen LogP contribution in [0.2, 0.25) is 5.02 Å². The molecule has 5 rings (SSSR count). The second-order valence-electron chi connectivity index (χ2n) is 9.39. The molecule has 3 aromatic carbocycles. The smallest absolute Gasteiger partial charge is 0.347 e. The summed E-state index contributed by atoms with van der Waals surface area (Å²) >= 11 is 6.45. The molecule has 1 aliphatic heterocycles. The molecule has 0 saturated carbocycles. The lowest BCUT2D eigenvalue weighted by Gasteiger charge is -2.39. The zero-order valence-electron chi connectivity index (χ0n) is 21.5. The lowest BCUT2D eigenvalue weighted by Crippen LogP contribution is -2.58. The third-order valence-corrected chi connectivity index (χ3v) is 7.13. The number of benzene rings is 3. The van der Waals surface area contributed by atoms with Gasteiger partial charge in [0.1, 0.15) is 5.54 Å². The Morgan fingerprint density at radius 3 is 2.36 bits per heavy atom. The molecular formula is C30H27ClN4O4. The first kappa shape index (κ1) is 26.3. The van der Waals surface area contributed by atoms with Gasteiger partial charge in [-0.3, -0.25) is 10.1 Å². The lowest BCUT2D eigenvalue weighted by atomic mass is 9.77. The van der Waals surface area contributed by atoms with Gasteiger partial charge in [0.2, 0.25) is 12.0 Å². The van der Waals surface area contributed by atoms with Crippen molar-refractivity contribution in [2.24, 2.45) is 0 Å². The molecule has 2 atom stereocenters. The van der Waals surface area contributed by atoms with Gasteiger partial charge in [-0.2, -0.15) is 0 Å². The van der Waals surface area contributed by atoms with Gasteiger partial charge in [-0.1, -0.05) is 78.3 Å². The average molecular weight is 543 g/mol. The van der Waals surface area contributed by atoms with Gasteiger partial charge in [0, 0.05) is 27.7 Å². The number of carboxylic acid groups (broad SMARTS) is 1. The monoisotopic (exact) mass is 542 g/mol. The van der Waals surface area contributed by atoms with E-state index in [-0.39, 0.29) is 25.0 Å². The molecule has 0 fully saturated rings. The van der Waals surface area contributed by atoms with E-state index in [0.717, 1.165) is 5.56 Å². The van der Waals surface area contributed by atoms with E-state index in [4.69, 9.17) is 16.3 Å². The maximum Gasteiger partial charge on any atom is 0.347 e. The minimum atomic E-state index is -1.53. The van der Waals surface area contributed by atoms with Crippen molar-refractivity contribution >= 4 is 29.2 Å². The molecule has 4 aromatic rings. The van der Waals surface area contributed by atoms with Gasteiger partial charge in [0.05, 0.1) is 13.1 Å². The largest absolute Gasteiger partial charge is 0.478 e. The van der Waals surface area contributed by atoms with Crippen LogP contribution in [0.4, 0.5) is 5.69 Å². The van der Waals surface area contributed by atoms with Crippen LogP contribution in [0.1, 0.15) is 28.1 Å². The molecule has 2 N–H and O–H groups in total. The van der Waals surface area contributed by atoms with Crippen molar-refractivity contribution in [3.05, 3.63) is 118 Å². The third kappa shape index (κ3) is 5.08. The minimum absolute atomic E-state index is 0.0574. The number of rotatable bonds is 7. The van der Waals surface area contributed by atoms with Gasteiger partial charge >= 0.3 is 12.0 Å². The number of nitrogens with zero attached hydrogens (tertiary/aromatic N) is 3. The second kappa shape index (κ2) is 10.8. The quantitative estimate of drug-likeness (QED) is 0.350. The average Bonchev–Trinajstić information content (AvgIpc) is 3.04. The number of fused-ring (bicyclic) bond motifs is 1. The van der Waals surface area contributed by atoms with Crippen LogP contribution in [0.3, 0.4) is 0 Å².